The molecule has 0 atom stereocenters. The number of thiophene rings is 1. The fraction of sp³-hybridized carbons (Fsp3) is 0.200. The molecular weight excluding hydrogens is 454 g/mol. The quantitative estimate of drug-likeness (QED) is 0.298. The van der Waals surface area contributed by atoms with Crippen molar-refractivity contribution in [1.82, 2.24) is 0 Å². The second-order valence-corrected chi connectivity index (χ2v) is 7.19. The highest BCUT2D eigenvalue weighted by Crippen LogP contribution is 2.52. The van der Waals surface area contributed by atoms with Gasteiger partial charge in [-0.05, 0) is 12.1 Å². The van der Waals surface area contributed by atoms with Gasteiger partial charge in [0.1, 0.15) is 0 Å². The van der Waals surface area contributed by atoms with Crippen molar-refractivity contribution in [3.8, 4) is 0 Å². The van der Waals surface area contributed by atoms with E-state index in [-0.39, 0.29) is 11.3 Å². The summed E-state index contributed by atoms with van der Waals surface area (Å²) in [5, 5.41) is -3.47. The molecule has 0 saturated heterocycles. The fourth-order valence-corrected chi connectivity index (χ4v) is 4.81. The third-order valence-corrected chi connectivity index (χ3v) is 5.65. The van der Waals surface area contributed by atoms with Crippen LogP contribution in [0.1, 0.15) is 16.7 Å². The Balaban J connectivity index is 2.61. The number of fused-ring (bicyclic) bond motifs is 3. The third-order valence-electron chi connectivity index (χ3n) is 3.69. The minimum atomic E-state index is -5.32. The summed E-state index contributed by atoms with van der Waals surface area (Å²) in [5.74, 6) is 0. The monoisotopic (exact) mass is 456 g/mol. The van der Waals surface area contributed by atoms with Crippen molar-refractivity contribution in [1.29, 1.82) is 0 Å². The topological polar surface area (TPSA) is 0 Å². The predicted octanol–water partition coefficient (Wildman–Crippen LogP) is 8.42. The number of benzene rings is 2. The van der Waals surface area contributed by atoms with Crippen LogP contribution in [0.3, 0.4) is 0 Å². The van der Waals surface area contributed by atoms with Gasteiger partial charge in [-0.3, -0.25) is 0 Å². The summed E-state index contributed by atoms with van der Waals surface area (Å²) < 4.78 is 118. The molecule has 0 fully saturated rings. The summed E-state index contributed by atoms with van der Waals surface area (Å²) in [7, 11) is 0. The van der Waals surface area contributed by atoms with E-state index < -0.39 is 65.4 Å². The first-order valence-electron chi connectivity index (χ1n) is 6.73. The molecule has 0 aliphatic heterocycles. The summed E-state index contributed by atoms with van der Waals surface area (Å²) in [6.07, 6.45) is -15.6. The summed E-state index contributed by atoms with van der Waals surface area (Å²) in [4.78, 5) is 0. The highest BCUT2D eigenvalue weighted by Gasteiger charge is 2.44. The first kappa shape index (κ1) is 20.3. The van der Waals surface area contributed by atoms with Gasteiger partial charge in [0.2, 0.25) is 0 Å². The van der Waals surface area contributed by atoms with Crippen LogP contribution in [0.15, 0.2) is 18.2 Å². The zero-order valence-electron chi connectivity index (χ0n) is 12.3. The molecule has 1 heterocycles. The maximum atomic E-state index is 13.4. The van der Waals surface area contributed by atoms with Crippen molar-refractivity contribution in [2.45, 2.75) is 18.5 Å². The highest BCUT2D eigenvalue weighted by atomic mass is 35.5. The standard InChI is InChI=1S/C15H3Cl2F9S/c16-7-2-1-4-5-3-6(13(18,19)20)10(17)9(15(24,25)26)12(5)27-11(4)8(7)14(21,22)23/h1-3H. The van der Waals surface area contributed by atoms with E-state index in [4.69, 9.17) is 23.2 Å². The van der Waals surface area contributed by atoms with Gasteiger partial charge in [-0.2, -0.15) is 39.5 Å². The molecule has 0 unspecified atom stereocenters. The van der Waals surface area contributed by atoms with E-state index in [1.54, 1.807) is 0 Å². The SMILES string of the molecule is FC(F)(F)c1cc2c(sc3c(C(F)(F)F)c(Cl)ccc32)c(C(F)(F)F)c1Cl. The van der Waals surface area contributed by atoms with E-state index in [9.17, 15) is 39.5 Å². The van der Waals surface area contributed by atoms with E-state index in [1.807, 2.05) is 0 Å². The van der Waals surface area contributed by atoms with Crippen LogP contribution in [0.2, 0.25) is 10.0 Å². The third kappa shape index (κ3) is 3.31. The molecule has 0 bridgehead atoms. The van der Waals surface area contributed by atoms with Crippen LogP contribution in [0, 0.1) is 0 Å². The average Bonchev–Trinajstić information content (AvgIpc) is 2.79. The first-order chi connectivity index (χ1) is 12.1. The molecule has 0 nitrogen and oxygen atoms in total. The molecule has 0 N–H and O–H groups in total. The van der Waals surface area contributed by atoms with Gasteiger partial charge in [0.15, 0.2) is 0 Å². The average molecular weight is 457 g/mol. The smallest absolute Gasteiger partial charge is 0.166 e. The minimum Gasteiger partial charge on any atom is -0.166 e. The van der Waals surface area contributed by atoms with E-state index in [1.165, 1.54) is 0 Å². The number of halogens is 11. The second-order valence-electron chi connectivity index (χ2n) is 5.38. The van der Waals surface area contributed by atoms with Crippen molar-refractivity contribution in [2.24, 2.45) is 0 Å². The van der Waals surface area contributed by atoms with Crippen LogP contribution in [0.4, 0.5) is 39.5 Å². The summed E-state index contributed by atoms with van der Waals surface area (Å²) in [5.41, 5.74) is -5.03. The molecule has 0 radical (unpaired) electrons. The molecule has 0 amide bonds. The first-order valence-corrected chi connectivity index (χ1v) is 8.30. The molecule has 0 aliphatic rings. The zero-order chi connectivity index (χ0) is 20.5. The van der Waals surface area contributed by atoms with Gasteiger partial charge in [-0.1, -0.05) is 29.3 Å². The molecule has 0 saturated carbocycles. The lowest BCUT2D eigenvalue weighted by molar-refractivity contribution is -0.142. The van der Waals surface area contributed by atoms with Crippen molar-refractivity contribution in [3.05, 3.63) is 44.9 Å². The van der Waals surface area contributed by atoms with Gasteiger partial charge in [0, 0.05) is 20.2 Å². The largest absolute Gasteiger partial charge is 0.419 e. The summed E-state index contributed by atoms with van der Waals surface area (Å²) in [6.45, 7) is 0. The Kier molecular flexibility index (Phi) is 4.56. The number of rotatable bonds is 0. The summed E-state index contributed by atoms with van der Waals surface area (Å²) >= 11 is 10.9. The molecule has 146 valence electrons. The molecule has 3 aromatic rings. The highest BCUT2D eigenvalue weighted by molar-refractivity contribution is 7.26. The van der Waals surface area contributed by atoms with Gasteiger partial charge in [-0.15, -0.1) is 11.3 Å². The van der Waals surface area contributed by atoms with Gasteiger partial charge >= 0.3 is 18.5 Å². The van der Waals surface area contributed by atoms with Crippen LogP contribution < -0.4 is 0 Å². The molecule has 2 aromatic carbocycles. The van der Waals surface area contributed by atoms with Gasteiger partial charge < -0.3 is 0 Å². The Bertz CT molecular complexity index is 1060. The molecule has 1 aromatic heterocycles. The van der Waals surface area contributed by atoms with Crippen LogP contribution >= 0.6 is 34.5 Å². The van der Waals surface area contributed by atoms with Gasteiger partial charge in [0.05, 0.1) is 26.7 Å². The molecule has 27 heavy (non-hydrogen) atoms. The second kappa shape index (κ2) is 6.05. The Morgan fingerprint density at radius 1 is 0.667 bits per heavy atom. The van der Waals surface area contributed by atoms with Crippen LogP contribution in [-0.4, -0.2) is 0 Å². The maximum Gasteiger partial charge on any atom is 0.419 e. The molecule has 12 heteroatoms. The van der Waals surface area contributed by atoms with Crippen molar-refractivity contribution in [2.75, 3.05) is 0 Å². The molecule has 3 rings (SSSR count). The zero-order valence-corrected chi connectivity index (χ0v) is 14.6. The Morgan fingerprint density at radius 2 is 1.19 bits per heavy atom. The van der Waals surface area contributed by atoms with E-state index in [0.29, 0.717) is 6.07 Å². The molecular formula is C15H3Cl2F9S. The fourth-order valence-electron chi connectivity index (χ4n) is 2.65. The van der Waals surface area contributed by atoms with E-state index in [0.717, 1.165) is 12.1 Å². The van der Waals surface area contributed by atoms with Crippen molar-refractivity contribution >= 4 is 54.7 Å². The number of hydrogen-bond acceptors (Lipinski definition) is 1. The van der Waals surface area contributed by atoms with Crippen LogP contribution in [-0.2, 0) is 18.5 Å². The summed E-state index contributed by atoms with van der Waals surface area (Å²) in [6, 6.07) is 2.04. The van der Waals surface area contributed by atoms with Crippen LogP contribution in [0.5, 0.6) is 0 Å². The molecule has 0 aliphatic carbocycles. The normalized spacial score (nSPS) is 13.7. The Morgan fingerprint density at radius 3 is 1.67 bits per heavy atom. The van der Waals surface area contributed by atoms with Crippen molar-refractivity contribution in [3.63, 3.8) is 0 Å². The van der Waals surface area contributed by atoms with Gasteiger partial charge in [0.25, 0.3) is 0 Å². The minimum absolute atomic E-state index is 0.0401. The van der Waals surface area contributed by atoms with E-state index >= 15 is 0 Å². The Hall–Kier alpha value is -1.39. The van der Waals surface area contributed by atoms with Gasteiger partial charge in [-0.25, -0.2) is 0 Å². The lowest BCUT2D eigenvalue weighted by Gasteiger charge is -2.15. The number of alkyl halides is 9. The lowest BCUT2D eigenvalue weighted by atomic mass is 10.0. The maximum absolute atomic E-state index is 13.4. The Labute approximate surface area is 158 Å². The van der Waals surface area contributed by atoms with Crippen LogP contribution in [0.25, 0.3) is 20.2 Å². The number of hydrogen-bond donors (Lipinski definition) is 0. The van der Waals surface area contributed by atoms with E-state index in [2.05, 4.69) is 0 Å². The lowest BCUT2D eigenvalue weighted by Crippen LogP contribution is -2.12. The predicted molar refractivity (Wildman–Crippen MR) is 84.4 cm³/mol. The van der Waals surface area contributed by atoms with Crippen molar-refractivity contribution < 1.29 is 39.5 Å². The molecule has 0 spiro atoms.